The van der Waals surface area contributed by atoms with E-state index < -0.39 is 10.0 Å². The monoisotopic (exact) mass is 399 g/mol. The molecule has 2 aliphatic heterocycles. The Kier molecular flexibility index (Phi) is 4.77. The van der Waals surface area contributed by atoms with Crippen LogP contribution in [0, 0.1) is 13.8 Å². The van der Waals surface area contributed by atoms with E-state index >= 15 is 0 Å². The highest BCUT2D eigenvalue weighted by Crippen LogP contribution is 2.34. The summed E-state index contributed by atoms with van der Waals surface area (Å²) in [5.41, 5.74) is 12.1. The molecular weight excluding hydrogens is 374 g/mol. The molecule has 1 atom stereocenters. The number of benzene rings is 2. The van der Waals surface area contributed by atoms with Gasteiger partial charge in [0.15, 0.2) is 0 Å². The van der Waals surface area contributed by atoms with Crippen molar-refractivity contribution < 1.29 is 13.5 Å². The molecule has 0 saturated carbocycles. The minimum absolute atomic E-state index is 0.145. The van der Waals surface area contributed by atoms with E-state index in [1.807, 2.05) is 26.0 Å². The molecule has 2 aliphatic rings. The Bertz CT molecular complexity index is 1080. The zero-order chi connectivity index (χ0) is 20.1. The van der Waals surface area contributed by atoms with E-state index in [0.29, 0.717) is 25.3 Å². The van der Waals surface area contributed by atoms with Gasteiger partial charge in [-0.05, 0) is 66.6 Å². The summed E-state index contributed by atoms with van der Waals surface area (Å²) in [6.45, 7) is 4.87. The highest BCUT2D eigenvalue weighted by Gasteiger charge is 2.35. The molecule has 0 aromatic heterocycles. The lowest BCUT2D eigenvalue weighted by Gasteiger charge is -2.23. The van der Waals surface area contributed by atoms with Crippen LogP contribution in [0.25, 0.3) is 11.1 Å². The van der Waals surface area contributed by atoms with Crippen molar-refractivity contribution in [3.63, 3.8) is 0 Å². The first-order valence-electron chi connectivity index (χ1n) is 9.51. The van der Waals surface area contributed by atoms with Gasteiger partial charge in [0.1, 0.15) is 5.84 Å². The average molecular weight is 400 g/mol. The van der Waals surface area contributed by atoms with E-state index in [1.165, 1.54) is 4.31 Å². The molecule has 0 spiro atoms. The lowest BCUT2D eigenvalue weighted by atomic mass is 9.91. The van der Waals surface area contributed by atoms with E-state index in [9.17, 15) is 13.5 Å². The van der Waals surface area contributed by atoms with Gasteiger partial charge in [0, 0.05) is 18.2 Å². The summed E-state index contributed by atoms with van der Waals surface area (Å²) in [6, 6.07) is 9.02. The van der Waals surface area contributed by atoms with Crippen molar-refractivity contribution in [3.8, 4) is 11.1 Å². The molecule has 1 saturated heterocycles. The van der Waals surface area contributed by atoms with Crippen LogP contribution in [0.5, 0.6) is 0 Å². The molecule has 28 heavy (non-hydrogen) atoms. The molecule has 7 heteroatoms. The lowest BCUT2D eigenvalue weighted by Crippen LogP contribution is -2.37. The van der Waals surface area contributed by atoms with Crippen LogP contribution < -0.4 is 5.73 Å². The summed E-state index contributed by atoms with van der Waals surface area (Å²) >= 11 is 0. The third kappa shape index (κ3) is 2.94. The van der Waals surface area contributed by atoms with Crippen LogP contribution in [0.15, 0.2) is 40.2 Å². The number of aliphatic hydroxyl groups is 1. The summed E-state index contributed by atoms with van der Waals surface area (Å²) in [5, 5.41) is 9.50. The molecule has 4 rings (SSSR count). The van der Waals surface area contributed by atoms with Crippen LogP contribution in [0.3, 0.4) is 0 Å². The van der Waals surface area contributed by atoms with Crippen molar-refractivity contribution >= 4 is 15.9 Å². The second-order valence-corrected chi connectivity index (χ2v) is 9.44. The number of nitrogens with two attached hydrogens (primary N) is 1. The number of sulfonamides is 1. The highest BCUT2D eigenvalue weighted by molar-refractivity contribution is 7.89. The molecule has 0 aliphatic carbocycles. The van der Waals surface area contributed by atoms with Gasteiger partial charge in [0.05, 0.1) is 18.0 Å². The molecule has 0 amide bonds. The Balaban J connectivity index is 1.74. The standard InChI is InChI=1S/C21H25N3O3S/c1-13-10-17(28(26,27)24-9-3-4-16(24)12-25)6-8-18(13)19-7-5-15-11-23-21(22)20(15)14(19)2/h5-8,10,16,25H,3-4,9,11-12H2,1-2H3,(H2,22,23)/t16-/m0/s1. The molecule has 0 bridgehead atoms. The number of nitrogens with zero attached hydrogens (tertiary/aromatic N) is 2. The van der Waals surface area contributed by atoms with Crippen LogP contribution in [0.1, 0.15) is 35.1 Å². The maximum atomic E-state index is 13.0. The van der Waals surface area contributed by atoms with Crippen LogP contribution in [-0.4, -0.2) is 42.9 Å². The summed E-state index contributed by atoms with van der Waals surface area (Å²) in [5.74, 6) is 0.565. The van der Waals surface area contributed by atoms with Gasteiger partial charge in [-0.15, -0.1) is 0 Å². The van der Waals surface area contributed by atoms with Gasteiger partial charge < -0.3 is 10.8 Å². The minimum atomic E-state index is -3.62. The molecule has 0 radical (unpaired) electrons. The molecule has 6 nitrogen and oxygen atoms in total. The summed E-state index contributed by atoms with van der Waals surface area (Å²) < 4.78 is 27.5. The van der Waals surface area contributed by atoms with Crippen molar-refractivity contribution in [3.05, 3.63) is 52.6 Å². The molecule has 1 fully saturated rings. The fraction of sp³-hybridized carbons (Fsp3) is 0.381. The topological polar surface area (TPSA) is 96.0 Å². The number of aliphatic imine (C=N–C) groups is 1. The number of hydrogen-bond donors (Lipinski definition) is 2. The van der Waals surface area contributed by atoms with E-state index in [0.717, 1.165) is 39.8 Å². The van der Waals surface area contributed by atoms with Crippen LogP contribution >= 0.6 is 0 Å². The average Bonchev–Trinajstić information content (AvgIpc) is 3.30. The largest absolute Gasteiger partial charge is 0.395 e. The maximum Gasteiger partial charge on any atom is 0.243 e. The van der Waals surface area contributed by atoms with Crippen molar-refractivity contribution in [2.45, 2.75) is 44.2 Å². The third-order valence-electron chi connectivity index (χ3n) is 5.86. The molecular formula is C21H25N3O3S. The Morgan fingerprint density at radius 2 is 1.96 bits per heavy atom. The molecule has 2 aromatic carbocycles. The number of rotatable bonds is 4. The second-order valence-electron chi connectivity index (χ2n) is 7.54. The highest BCUT2D eigenvalue weighted by atomic mass is 32.2. The number of aryl methyl sites for hydroxylation is 1. The van der Waals surface area contributed by atoms with Gasteiger partial charge in [-0.3, -0.25) is 4.99 Å². The maximum absolute atomic E-state index is 13.0. The second kappa shape index (κ2) is 6.99. The Hall–Kier alpha value is -2.22. The Morgan fingerprint density at radius 1 is 1.21 bits per heavy atom. The van der Waals surface area contributed by atoms with Crippen LogP contribution in [0.2, 0.25) is 0 Å². The zero-order valence-corrected chi connectivity index (χ0v) is 17.0. The van der Waals surface area contributed by atoms with E-state index in [1.54, 1.807) is 12.1 Å². The first-order valence-corrected chi connectivity index (χ1v) is 10.9. The van der Waals surface area contributed by atoms with E-state index in [-0.39, 0.29) is 17.5 Å². The van der Waals surface area contributed by atoms with Gasteiger partial charge in [0.25, 0.3) is 0 Å². The molecule has 0 unspecified atom stereocenters. The predicted octanol–water partition coefficient (Wildman–Crippen LogP) is 2.33. The van der Waals surface area contributed by atoms with Crippen LogP contribution in [0.4, 0.5) is 0 Å². The number of hydrogen-bond acceptors (Lipinski definition) is 5. The molecule has 2 aromatic rings. The lowest BCUT2D eigenvalue weighted by molar-refractivity contribution is 0.213. The minimum Gasteiger partial charge on any atom is -0.395 e. The number of amidine groups is 1. The van der Waals surface area contributed by atoms with Crippen LogP contribution in [-0.2, 0) is 16.6 Å². The smallest absolute Gasteiger partial charge is 0.243 e. The van der Waals surface area contributed by atoms with Gasteiger partial charge in [-0.2, -0.15) is 4.31 Å². The van der Waals surface area contributed by atoms with Gasteiger partial charge in [0.2, 0.25) is 10.0 Å². The summed E-state index contributed by atoms with van der Waals surface area (Å²) in [7, 11) is -3.62. The van der Waals surface area contributed by atoms with E-state index in [2.05, 4.69) is 11.1 Å². The number of aliphatic hydroxyl groups excluding tert-OH is 1. The molecule has 3 N–H and O–H groups in total. The normalized spacial score (nSPS) is 19.7. The Labute approximate surface area is 165 Å². The number of fused-ring (bicyclic) bond motifs is 1. The van der Waals surface area contributed by atoms with Crippen molar-refractivity contribution in [2.75, 3.05) is 13.2 Å². The van der Waals surface area contributed by atoms with Crippen molar-refractivity contribution in [1.29, 1.82) is 0 Å². The van der Waals surface area contributed by atoms with E-state index in [4.69, 9.17) is 5.73 Å². The van der Waals surface area contributed by atoms with Gasteiger partial charge in [-0.1, -0.05) is 18.2 Å². The summed E-state index contributed by atoms with van der Waals surface area (Å²) in [6.07, 6.45) is 1.48. The zero-order valence-electron chi connectivity index (χ0n) is 16.1. The first-order chi connectivity index (χ1) is 13.3. The SMILES string of the molecule is Cc1cc(S(=O)(=O)N2CCC[C@H]2CO)ccc1-c1ccc2c(c1C)C(N)=NC2. The van der Waals surface area contributed by atoms with Gasteiger partial charge in [-0.25, -0.2) is 8.42 Å². The van der Waals surface area contributed by atoms with Gasteiger partial charge >= 0.3 is 0 Å². The fourth-order valence-electron chi connectivity index (χ4n) is 4.34. The first kappa shape index (κ1) is 19.1. The summed E-state index contributed by atoms with van der Waals surface area (Å²) in [4.78, 5) is 4.59. The quantitative estimate of drug-likeness (QED) is 0.825. The third-order valence-corrected chi connectivity index (χ3v) is 7.80. The molecule has 2 heterocycles. The Morgan fingerprint density at radius 3 is 2.68 bits per heavy atom. The van der Waals surface area contributed by atoms with Crippen molar-refractivity contribution in [1.82, 2.24) is 4.31 Å². The fourth-order valence-corrected chi connectivity index (χ4v) is 6.11. The predicted molar refractivity (Wildman–Crippen MR) is 110 cm³/mol. The molecule has 148 valence electrons. The van der Waals surface area contributed by atoms with Crippen molar-refractivity contribution in [2.24, 2.45) is 10.7 Å².